The van der Waals surface area contributed by atoms with E-state index >= 15 is 0 Å². The molecule has 0 saturated heterocycles. The van der Waals surface area contributed by atoms with Gasteiger partial charge in [0.25, 0.3) is 0 Å². The first-order valence-electron chi connectivity index (χ1n) is 5.74. The number of aromatic nitrogens is 2. The third-order valence-corrected chi connectivity index (χ3v) is 3.69. The monoisotopic (exact) mass is 290 g/mol. The van der Waals surface area contributed by atoms with Crippen LogP contribution in [0.25, 0.3) is 0 Å². The van der Waals surface area contributed by atoms with E-state index in [1.807, 2.05) is 12.3 Å². The van der Waals surface area contributed by atoms with Crippen LogP contribution in [0.3, 0.4) is 0 Å². The van der Waals surface area contributed by atoms with Gasteiger partial charge in [0.2, 0.25) is 0 Å². The van der Waals surface area contributed by atoms with Gasteiger partial charge in [0.1, 0.15) is 0 Å². The van der Waals surface area contributed by atoms with Crippen LogP contribution in [-0.4, -0.2) is 20.8 Å². The number of alkyl halides is 3. The molecule has 1 N–H and O–H groups in total. The molecular formula is C12H13F3N2OS. The maximum absolute atomic E-state index is 12.4. The number of hydrogen-bond donors (Lipinski definition) is 1. The van der Waals surface area contributed by atoms with Crippen molar-refractivity contribution in [2.75, 3.05) is 0 Å². The summed E-state index contributed by atoms with van der Waals surface area (Å²) in [6.45, 7) is 2.40. The van der Waals surface area contributed by atoms with Crippen LogP contribution in [0.2, 0.25) is 0 Å². The number of thiazole rings is 1. The van der Waals surface area contributed by atoms with E-state index in [2.05, 4.69) is 4.98 Å². The zero-order valence-electron chi connectivity index (χ0n) is 10.2. The van der Waals surface area contributed by atoms with Crippen molar-refractivity contribution >= 4 is 11.3 Å². The summed E-state index contributed by atoms with van der Waals surface area (Å²) in [7, 11) is 0. The lowest BCUT2D eigenvalue weighted by atomic mass is 10.2. The minimum absolute atomic E-state index is 0.154. The van der Waals surface area contributed by atoms with Gasteiger partial charge in [-0.25, -0.2) is 4.98 Å². The third-order valence-electron chi connectivity index (χ3n) is 2.65. The molecule has 0 bridgehead atoms. The summed E-state index contributed by atoms with van der Waals surface area (Å²) in [5, 5.41) is 12.0. The van der Waals surface area contributed by atoms with Crippen LogP contribution >= 0.6 is 11.3 Å². The Balaban J connectivity index is 2.09. The Hall–Kier alpha value is -1.34. The molecule has 0 aliphatic carbocycles. The highest BCUT2D eigenvalue weighted by Crippen LogP contribution is 2.32. The van der Waals surface area contributed by atoms with Crippen molar-refractivity contribution in [3.63, 3.8) is 0 Å². The Kier molecular flexibility index (Phi) is 3.96. The fourth-order valence-electron chi connectivity index (χ4n) is 1.68. The van der Waals surface area contributed by atoms with E-state index < -0.39 is 12.3 Å². The van der Waals surface area contributed by atoms with Crippen molar-refractivity contribution in [3.8, 4) is 0 Å². The van der Waals surface area contributed by atoms with Crippen LogP contribution < -0.4 is 0 Å². The smallest absolute Gasteiger partial charge is 0.379 e. The van der Waals surface area contributed by atoms with Crippen molar-refractivity contribution in [1.29, 1.82) is 0 Å². The zero-order valence-corrected chi connectivity index (χ0v) is 11.0. The molecule has 0 amide bonds. The molecule has 0 fully saturated rings. The molecule has 1 unspecified atom stereocenters. The molecule has 2 rings (SSSR count). The molecule has 2 aromatic rings. The molecule has 3 nitrogen and oxygen atoms in total. The van der Waals surface area contributed by atoms with Crippen molar-refractivity contribution in [3.05, 3.63) is 40.1 Å². The van der Waals surface area contributed by atoms with Crippen molar-refractivity contribution in [2.24, 2.45) is 0 Å². The molecular weight excluding hydrogens is 277 g/mol. The minimum atomic E-state index is -4.64. The zero-order chi connectivity index (χ0) is 14.0. The summed E-state index contributed by atoms with van der Waals surface area (Å²) in [5.41, 5.74) is 0.656. The van der Waals surface area contributed by atoms with Gasteiger partial charge < -0.3 is 9.67 Å². The Bertz CT molecular complexity index is 547. The Labute approximate surface area is 112 Å². The topological polar surface area (TPSA) is 38.0 Å². The van der Waals surface area contributed by atoms with Gasteiger partial charge >= 0.3 is 6.18 Å². The first kappa shape index (κ1) is 14.1. The lowest BCUT2D eigenvalue weighted by molar-refractivity contribution is -0.206. The largest absolute Gasteiger partial charge is 0.418 e. The summed E-state index contributed by atoms with van der Waals surface area (Å²) in [6, 6.07) is 1.27. The number of rotatable bonds is 4. The summed E-state index contributed by atoms with van der Waals surface area (Å²) in [6.07, 6.45) is -3.43. The van der Waals surface area contributed by atoms with E-state index in [1.165, 1.54) is 29.8 Å². The molecule has 0 aliphatic rings. The quantitative estimate of drug-likeness (QED) is 0.939. The lowest BCUT2D eigenvalue weighted by Gasteiger charge is -2.12. The average molecular weight is 290 g/mol. The van der Waals surface area contributed by atoms with Gasteiger partial charge in [0.05, 0.1) is 17.2 Å². The normalized spacial score (nSPS) is 13.7. The maximum Gasteiger partial charge on any atom is 0.418 e. The fourth-order valence-corrected chi connectivity index (χ4v) is 2.42. The van der Waals surface area contributed by atoms with Crippen molar-refractivity contribution < 1.29 is 18.3 Å². The van der Waals surface area contributed by atoms with Gasteiger partial charge in [-0.05, 0) is 12.5 Å². The van der Waals surface area contributed by atoms with E-state index in [4.69, 9.17) is 5.11 Å². The molecule has 1 atom stereocenters. The number of aliphatic hydroxyl groups is 1. The van der Waals surface area contributed by atoms with Crippen LogP contribution in [-0.2, 0) is 13.0 Å². The first-order chi connectivity index (χ1) is 8.90. The third kappa shape index (κ3) is 3.36. The fraction of sp³-hybridized carbons (Fsp3) is 0.417. The number of hydrogen-bond acceptors (Lipinski definition) is 3. The van der Waals surface area contributed by atoms with Crippen LogP contribution in [0, 0.1) is 0 Å². The average Bonchev–Trinajstić information content (AvgIpc) is 2.96. The molecule has 104 valence electrons. The summed E-state index contributed by atoms with van der Waals surface area (Å²) in [5.74, 6) is 0. The predicted octanol–water partition coefficient (Wildman–Crippen LogP) is 3.15. The Morgan fingerprint density at radius 3 is 2.79 bits per heavy atom. The maximum atomic E-state index is 12.4. The molecule has 19 heavy (non-hydrogen) atoms. The number of halogens is 3. The Morgan fingerprint density at radius 1 is 1.47 bits per heavy atom. The molecule has 7 heteroatoms. The van der Waals surface area contributed by atoms with Gasteiger partial charge in [-0.1, -0.05) is 6.92 Å². The SMILES string of the molecule is CCc1nc(Cn2ccc(C(O)C(F)(F)F)c2)cs1. The van der Waals surface area contributed by atoms with Crippen LogP contribution in [0.5, 0.6) is 0 Å². The van der Waals surface area contributed by atoms with E-state index in [0.717, 1.165) is 17.1 Å². The van der Waals surface area contributed by atoms with Crippen LogP contribution in [0.15, 0.2) is 23.8 Å². The van der Waals surface area contributed by atoms with Crippen molar-refractivity contribution in [2.45, 2.75) is 32.2 Å². The van der Waals surface area contributed by atoms with Crippen molar-refractivity contribution in [1.82, 2.24) is 9.55 Å². The summed E-state index contributed by atoms with van der Waals surface area (Å²) >= 11 is 1.53. The molecule has 0 spiro atoms. The second-order valence-electron chi connectivity index (χ2n) is 4.15. The standard InChI is InChI=1S/C12H13F3N2OS/c1-2-10-16-9(7-19-10)6-17-4-3-8(5-17)11(18)12(13,14)15/h3-5,7,11,18H,2,6H2,1H3. The van der Waals surface area contributed by atoms with E-state index in [0.29, 0.717) is 6.54 Å². The van der Waals surface area contributed by atoms with Crippen LogP contribution in [0.1, 0.15) is 29.3 Å². The molecule has 2 aromatic heterocycles. The highest BCUT2D eigenvalue weighted by Gasteiger charge is 2.39. The Morgan fingerprint density at radius 2 is 2.21 bits per heavy atom. The van der Waals surface area contributed by atoms with E-state index in [9.17, 15) is 13.2 Å². The molecule has 2 heterocycles. The number of aliphatic hydroxyl groups excluding tert-OH is 1. The van der Waals surface area contributed by atoms with Gasteiger partial charge in [0.15, 0.2) is 6.10 Å². The van der Waals surface area contributed by atoms with Gasteiger partial charge in [-0.3, -0.25) is 0 Å². The number of nitrogens with zero attached hydrogens (tertiary/aromatic N) is 2. The molecule has 0 saturated carbocycles. The summed E-state index contributed by atoms with van der Waals surface area (Å²) < 4.78 is 38.6. The predicted molar refractivity (Wildman–Crippen MR) is 66.0 cm³/mol. The minimum Gasteiger partial charge on any atom is -0.379 e. The number of aryl methyl sites for hydroxylation is 1. The second kappa shape index (κ2) is 5.34. The van der Waals surface area contributed by atoms with Gasteiger partial charge in [-0.2, -0.15) is 13.2 Å². The van der Waals surface area contributed by atoms with Gasteiger partial charge in [0, 0.05) is 23.3 Å². The highest BCUT2D eigenvalue weighted by molar-refractivity contribution is 7.09. The lowest BCUT2D eigenvalue weighted by Crippen LogP contribution is -2.19. The highest BCUT2D eigenvalue weighted by atomic mass is 32.1. The molecule has 0 radical (unpaired) electrons. The van der Waals surface area contributed by atoms with Crippen LogP contribution in [0.4, 0.5) is 13.2 Å². The molecule has 0 aliphatic heterocycles. The van der Waals surface area contributed by atoms with E-state index in [-0.39, 0.29) is 5.56 Å². The van der Waals surface area contributed by atoms with Gasteiger partial charge in [-0.15, -0.1) is 11.3 Å². The second-order valence-corrected chi connectivity index (χ2v) is 5.09. The first-order valence-corrected chi connectivity index (χ1v) is 6.62. The van der Waals surface area contributed by atoms with E-state index in [1.54, 1.807) is 4.57 Å². The summed E-state index contributed by atoms with van der Waals surface area (Å²) in [4.78, 5) is 4.34. The molecule has 0 aromatic carbocycles.